The molecule has 0 unspecified atom stereocenters. The average molecular weight is 332 g/mol. The Bertz CT molecular complexity index is 859. The number of aldehydes is 1. The maximum atomic E-state index is 12.2. The van der Waals surface area contributed by atoms with Crippen LogP contribution in [-0.4, -0.2) is 11.3 Å². The van der Waals surface area contributed by atoms with Crippen molar-refractivity contribution in [3.05, 3.63) is 56.5 Å². The molecular formula is C15H10BrNO3. The zero-order valence-electron chi connectivity index (χ0n) is 10.6. The zero-order valence-corrected chi connectivity index (χ0v) is 12.2. The van der Waals surface area contributed by atoms with Crippen LogP contribution in [0.2, 0.25) is 0 Å². The van der Waals surface area contributed by atoms with E-state index in [1.807, 2.05) is 24.3 Å². The van der Waals surface area contributed by atoms with Crippen molar-refractivity contribution in [3.8, 4) is 11.3 Å². The fourth-order valence-electron chi connectivity index (χ4n) is 2.21. The molecule has 20 heavy (non-hydrogen) atoms. The maximum Gasteiger partial charge on any atom is 0.205 e. The lowest BCUT2D eigenvalue weighted by molar-refractivity contribution is 0.112. The normalized spacial score (nSPS) is 10.9. The summed E-state index contributed by atoms with van der Waals surface area (Å²) in [6.45, 7) is 1.79. The Morgan fingerprint density at radius 3 is 2.60 bits per heavy atom. The Balaban J connectivity index is 2.34. The Kier molecular flexibility index (Phi) is 3.06. The summed E-state index contributed by atoms with van der Waals surface area (Å²) in [5.41, 5.74) is 2.53. The smallest absolute Gasteiger partial charge is 0.205 e. The summed E-state index contributed by atoms with van der Waals surface area (Å²) in [7, 11) is 0. The van der Waals surface area contributed by atoms with E-state index in [1.165, 1.54) is 6.26 Å². The molecule has 0 aliphatic rings. The third-order valence-electron chi connectivity index (χ3n) is 3.19. The molecule has 100 valence electrons. The zero-order chi connectivity index (χ0) is 14.3. The van der Waals surface area contributed by atoms with Crippen molar-refractivity contribution in [1.29, 1.82) is 0 Å². The lowest BCUT2D eigenvalue weighted by atomic mass is 10.1. The van der Waals surface area contributed by atoms with Crippen LogP contribution in [0.25, 0.3) is 22.2 Å². The van der Waals surface area contributed by atoms with E-state index in [9.17, 15) is 9.59 Å². The minimum absolute atomic E-state index is 0.0296. The summed E-state index contributed by atoms with van der Waals surface area (Å²) < 4.78 is 6.45. The fourth-order valence-corrected chi connectivity index (χ4v) is 2.48. The minimum Gasteiger partial charge on any atom is -0.461 e. The van der Waals surface area contributed by atoms with Gasteiger partial charge in [-0.15, -0.1) is 0 Å². The van der Waals surface area contributed by atoms with Gasteiger partial charge in [0.1, 0.15) is 6.26 Å². The molecule has 1 N–H and O–H groups in total. The quantitative estimate of drug-likeness (QED) is 0.728. The van der Waals surface area contributed by atoms with Crippen LogP contribution in [-0.2, 0) is 0 Å². The summed E-state index contributed by atoms with van der Waals surface area (Å²) in [5.74, 6) is 0. The van der Waals surface area contributed by atoms with Gasteiger partial charge >= 0.3 is 0 Å². The van der Waals surface area contributed by atoms with E-state index < -0.39 is 0 Å². The van der Waals surface area contributed by atoms with Crippen molar-refractivity contribution < 1.29 is 9.21 Å². The Morgan fingerprint density at radius 2 is 1.95 bits per heavy atom. The molecule has 0 saturated carbocycles. The van der Waals surface area contributed by atoms with Gasteiger partial charge in [0.05, 0.1) is 16.6 Å². The molecule has 0 fully saturated rings. The third kappa shape index (κ3) is 1.91. The third-order valence-corrected chi connectivity index (χ3v) is 3.72. The van der Waals surface area contributed by atoms with Crippen LogP contribution in [0.3, 0.4) is 0 Å². The first-order valence-electron chi connectivity index (χ1n) is 5.97. The number of carbonyl (C=O) groups is 1. The Morgan fingerprint density at radius 1 is 1.25 bits per heavy atom. The van der Waals surface area contributed by atoms with Crippen LogP contribution in [0.1, 0.15) is 16.1 Å². The molecule has 0 amide bonds. The maximum absolute atomic E-state index is 12.2. The highest BCUT2D eigenvalue weighted by molar-refractivity contribution is 9.10. The minimum atomic E-state index is -0.307. The number of nitrogens with one attached hydrogen (secondary N) is 1. The van der Waals surface area contributed by atoms with E-state index in [4.69, 9.17) is 4.42 Å². The number of hydrogen-bond acceptors (Lipinski definition) is 3. The number of hydrogen-bond donors (Lipinski definition) is 1. The topological polar surface area (TPSA) is 63.1 Å². The molecular weight excluding hydrogens is 322 g/mol. The van der Waals surface area contributed by atoms with Crippen molar-refractivity contribution in [2.75, 3.05) is 0 Å². The average Bonchev–Trinajstić information content (AvgIpc) is 2.78. The summed E-state index contributed by atoms with van der Waals surface area (Å²) in [6, 6.07) is 7.66. The van der Waals surface area contributed by atoms with Gasteiger partial charge in [0.15, 0.2) is 11.9 Å². The molecule has 2 aromatic heterocycles. The van der Waals surface area contributed by atoms with Crippen LogP contribution in [0, 0.1) is 6.92 Å². The highest BCUT2D eigenvalue weighted by atomic mass is 79.9. The number of halogens is 1. The first-order chi connectivity index (χ1) is 9.61. The number of aryl methyl sites for hydroxylation is 1. The van der Waals surface area contributed by atoms with Gasteiger partial charge in [-0.1, -0.05) is 28.1 Å². The van der Waals surface area contributed by atoms with Gasteiger partial charge < -0.3 is 9.40 Å². The molecule has 0 atom stereocenters. The van der Waals surface area contributed by atoms with Gasteiger partial charge in [-0.05, 0) is 19.1 Å². The molecule has 0 saturated heterocycles. The van der Waals surface area contributed by atoms with Gasteiger partial charge in [-0.3, -0.25) is 9.59 Å². The highest BCUT2D eigenvalue weighted by Crippen LogP contribution is 2.29. The van der Waals surface area contributed by atoms with E-state index in [2.05, 4.69) is 20.9 Å². The van der Waals surface area contributed by atoms with Crippen LogP contribution >= 0.6 is 15.9 Å². The van der Waals surface area contributed by atoms with Gasteiger partial charge in [-0.25, -0.2) is 0 Å². The van der Waals surface area contributed by atoms with Crippen LogP contribution in [0.15, 0.2) is 44.2 Å². The van der Waals surface area contributed by atoms with Crippen LogP contribution in [0.4, 0.5) is 0 Å². The number of fused-ring (bicyclic) bond motifs is 1. The molecule has 3 rings (SSSR count). The molecule has 1 aromatic carbocycles. The van der Waals surface area contributed by atoms with Gasteiger partial charge in [-0.2, -0.15) is 0 Å². The van der Waals surface area contributed by atoms with Crippen molar-refractivity contribution in [2.45, 2.75) is 6.92 Å². The number of benzene rings is 1. The number of rotatable bonds is 2. The van der Waals surface area contributed by atoms with E-state index in [0.717, 1.165) is 15.7 Å². The molecule has 2 heterocycles. The van der Waals surface area contributed by atoms with Crippen molar-refractivity contribution in [2.24, 2.45) is 0 Å². The van der Waals surface area contributed by atoms with Crippen LogP contribution in [0.5, 0.6) is 0 Å². The predicted octanol–water partition coefficient (Wildman–Crippen LogP) is 3.67. The summed E-state index contributed by atoms with van der Waals surface area (Å²) in [5, 5.41) is 0.424. The Labute approximate surface area is 122 Å². The molecule has 0 aliphatic carbocycles. The number of H-pyrrole nitrogens is 1. The fraction of sp³-hybridized carbons (Fsp3) is 0.0667. The first kappa shape index (κ1) is 12.9. The number of aromatic amines is 1. The standard InChI is InChI=1S/C15H10BrNO3/c1-8-12-14(19)10(6-18)7-20-15(12)13(17-8)9-2-4-11(16)5-3-9/h2-7,17H,1H3. The second-order valence-electron chi connectivity index (χ2n) is 4.47. The number of carbonyl (C=O) groups excluding carboxylic acids is 1. The molecule has 0 spiro atoms. The van der Waals surface area contributed by atoms with Gasteiger partial charge in [0.25, 0.3) is 0 Å². The summed E-state index contributed by atoms with van der Waals surface area (Å²) in [4.78, 5) is 26.1. The van der Waals surface area contributed by atoms with Crippen molar-refractivity contribution in [1.82, 2.24) is 4.98 Å². The van der Waals surface area contributed by atoms with E-state index in [1.54, 1.807) is 6.92 Å². The largest absolute Gasteiger partial charge is 0.461 e. The second-order valence-corrected chi connectivity index (χ2v) is 5.39. The van der Waals surface area contributed by atoms with E-state index in [-0.39, 0.29) is 11.0 Å². The molecule has 4 nitrogen and oxygen atoms in total. The SMILES string of the molecule is Cc1[nH]c(-c2ccc(Br)cc2)c2occ(C=O)c(=O)c12. The lowest BCUT2D eigenvalue weighted by Crippen LogP contribution is -2.07. The number of aromatic nitrogens is 1. The van der Waals surface area contributed by atoms with Gasteiger partial charge in [0.2, 0.25) is 5.43 Å². The molecule has 5 heteroatoms. The molecule has 0 bridgehead atoms. The molecule has 0 radical (unpaired) electrons. The highest BCUT2D eigenvalue weighted by Gasteiger charge is 2.16. The van der Waals surface area contributed by atoms with Crippen LogP contribution < -0.4 is 5.43 Å². The summed E-state index contributed by atoms with van der Waals surface area (Å²) >= 11 is 3.38. The monoisotopic (exact) mass is 331 g/mol. The Hall–Kier alpha value is -2.14. The lowest BCUT2D eigenvalue weighted by Gasteiger charge is -1.99. The van der Waals surface area contributed by atoms with E-state index >= 15 is 0 Å². The second kappa shape index (κ2) is 4.76. The van der Waals surface area contributed by atoms with Gasteiger partial charge in [0, 0.05) is 15.7 Å². The van der Waals surface area contributed by atoms with Crippen molar-refractivity contribution in [3.63, 3.8) is 0 Å². The summed E-state index contributed by atoms with van der Waals surface area (Å²) in [6.07, 6.45) is 1.71. The molecule has 3 aromatic rings. The van der Waals surface area contributed by atoms with Crippen molar-refractivity contribution >= 4 is 33.2 Å². The van der Waals surface area contributed by atoms with E-state index in [0.29, 0.717) is 22.9 Å². The first-order valence-corrected chi connectivity index (χ1v) is 6.76. The predicted molar refractivity (Wildman–Crippen MR) is 80.1 cm³/mol. The molecule has 0 aliphatic heterocycles.